The molecule has 0 saturated heterocycles. The lowest BCUT2D eigenvalue weighted by Gasteiger charge is -2.20. The molecule has 2 unspecified atom stereocenters. The number of hydrogen-bond donors (Lipinski definition) is 2. The van der Waals surface area contributed by atoms with Crippen LogP contribution in [0.5, 0.6) is 5.75 Å². The van der Waals surface area contributed by atoms with Gasteiger partial charge in [0.05, 0.1) is 7.11 Å². The van der Waals surface area contributed by atoms with Crippen molar-refractivity contribution in [2.45, 2.75) is 31.8 Å². The zero-order chi connectivity index (χ0) is 13.0. The van der Waals surface area contributed by atoms with Crippen LogP contribution in [0, 0.1) is 5.92 Å². The first kappa shape index (κ1) is 13.8. The fourth-order valence-electron chi connectivity index (χ4n) is 2.65. The summed E-state index contributed by atoms with van der Waals surface area (Å²) in [4.78, 5) is 0. The Bertz CT molecular complexity index is 397. The van der Waals surface area contributed by atoms with Gasteiger partial charge in [0.1, 0.15) is 5.75 Å². The summed E-state index contributed by atoms with van der Waals surface area (Å²) < 4.78 is 6.42. The van der Waals surface area contributed by atoms with E-state index >= 15 is 0 Å². The molecular formula is C14H20BrNO2. The average Bonchev–Trinajstić information content (AvgIpc) is 2.84. The number of hydrogen-bond acceptors (Lipinski definition) is 3. The minimum Gasteiger partial charge on any atom is -0.496 e. The lowest BCUT2D eigenvalue weighted by atomic mass is 10.0. The molecule has 0 amide bonds. The van der Waals surface area contributed by atoms with Crippen molar-refractivity contribution in [3.8, 4) is 5.75 Å². The summed E-state index contributed by atoms with van der Waals surface area (Å²) in [5.41, 5.74) is 1.15. The first-order valence-corrected chi connectivity index (χ1v) is 7.20. The van der Waals surface area contributed by atoms with E-state index in [4.69, 9.17) is 4.74 Å². The number of aliphatic hydroxyl groups is 1. The minimum atomic E-state index is 0.285. The summed E-state index contributed by atoms with van der Waals surface area (Å²) in [6.45, 7) is 1.07. The van der Waals surface area contributed by atoms with Crippen molar-refractivity contribution in [1.82, 2.24) is 5.32 Å². The van der Waals surface area contributed by atoms with Crippen LogP contribution in [0.25, 0.3) is 0 Å². The monoisotopic (exact) mass is 313 g/mol. The van der Waals surface area contributed by atoms with Crippen LogP contribution in [0.4, 0.5) is 0 Å². The highest BCUT2D eigenvalue weighted by atomic mass is 79.9. The van der Waals surface area contributed by atoms with Crippen molar-refractivity contribution in [3.05, 3.63) is 28.2 Å². The molecule has 0 aromatic heterocycles. The van der Waals surface area contributed by atoms with Crippen LogP contribution in [0.15, 0.2) is 22.7 Å². The molecule has 0 radical (unpaired) electrons. The van der Waals surface area contributed by atoms with Gasteiger partial charge in [-0.2, -0.15) is 0 Å². The Morgan fingerprint density at radius 2 is 2.28 bits per heavy atom. The second-order valence-corrected chi connectivity index (χ2v) is 5.73. The first-order valence-electron chi connectivity index (χ1n) is 6.41. The number of methoxy groups -OCH3 is 1. The van der Waals surface area contributed by atoms with E-state index < -0.39 is 0 Å². The Labute approximate surface area is 117 Å². The molecule has 3 nitrogen and oxygen atoms in total. The Morgan fingerprint density at radius 1 is 1.44 bits per heavy atom. The molecule has 0 aliphatic heterocycles. The van der Waals surface area contributed by atoms with E-state index in [2.05, 4.69) is 27.3 Å². The molecule has 0 spiro atoms. The molecule has 1 aliphatic rings. The number of aliphatic hydroxyl groups excluding tert-OH is 1. The third-order valence-electron chi connectivity index (χ3n) is 3.69. The van der Waals surface area contributed by atoms with E-state index in [-0.39, 0.29) is 6.61 Å². The summed E-state index contributed by atoms with van der Waals surface area (Å²) in [6, 6.07) is 6.46. The van der Waals surface area contributed by atoms with E-state index in [1.807, 2.05) is 12.1 Å². The van der Waals surface area contributed by atoms with Crippen LogP contribution < -0.4 is 10.1 Å². The topological polar surface area (TPSA) is 41.5 Å². The summed E-state index contributed by atoms with van der Waals surface area (Å²) in [6.07, 6.45) is 3.49. The second kappa shape index (κ2) is 6.55. The molecule has 0 bridgehead atoms. The summed E-state index contributed by atoms with van der Waals surface area (Å²) in [7, 11) is 1.69. The fourth-order valence-corrected chi connectivity index (χ4v) is 3.06. The van der Waals surface area contributed by atoms with Crippen LogP contribution in [0.2, 0.25) is 0 Å². The summed E-state index contributed by atoms with van der Waals surface area (Å²) in [5.74, 6) is 1.31. The van der Waals surface area contributed by atoms with Gasteiger partial charge in [0, 0.05) is 29.2 Å². The van der Waals surface area contributed by atoms with Crippen LogP contribution in [-0.2, 0) is 6.54 Å². The first-order chi connectivity index (χ1) is 8.74. The number of nitrogens with one attached hydrogen (secondary N) is 1. The smallest absolute Gasteiger partial charge is 0.123 e. The molecule has 2 N–H and O–H groups in total. The Hall–Kier alpha value is -0.580. The Morgan fingerprint density at radius 3 is 3.00 bits per heavy atom. The van der Waals surface area contributed by atoms with E-state index in [1.165, 1.54) is 6.42 Å². The number of rotatable bonds is 5. The van der Waals surface area contributed by atoms with Crippen molar-refractivity contribution in [3.63, 3.8) is 0 Å². The predicted molar refractivity (Wildman–Crippen MR) is 75.7 cm³/mol. The van der Waals surface area contributed by atoms with Gasteiger partial charge < -0.3 is 15.2 Å². The molecule has 1 aromatic carbocycles. The molecule has 0 heterocycles. The minimum absolute atomic E-state index is 0.285. The zero-order valence-electron chi connectivity index (χ0n) is 10.7. The van der Waals surface area contributed by atoms with Crippen molar-refractivity contribution >= 4 is 15.9 Å². The van der Waals surface area contributed by atoms with Crippen LogP contribution in [0.3, 0.4) is 0 Å². The van der Waals surface area contributed by atoms with E-state index in [9.17, 15) is 5.11 Å². The molecule has 18 heavy (non-hydrogen) atoms. The Kier molecular flexibility index (Phi) is 5.03. The quantitative estimate of drug-likeness (QED) is 0.878. The van der Waals surface area contributed by atoms with E-state index in [1.54, 1.807) is 7.11 Å². The lowest BCUT2D eigenvalue weighted by molar-refractivity contribution is 0.205. The molecule has 1 saturated carbocycles. The summed E-state index contributed by atoms with van der Waals surface area (Å²) in [5, 5.41) is 12.8. The van der Waals surface area contributed by atoms with Gasteiger partial charge in [-0.1, -0.05) is 22.4 Å². The fraction of sp³-hybridized carbons (Fsp3) is 0.571. The maximum atomic E-state index is 9.31. The maximum absolute atomic E-state index is 9.31. The molecule has 100 valence electrons. The standard InChI is InChI=1S/C14H20BrNO2/c1-18-14-6-5-12(15)7-11(14)8-16-13-4-2-3-10(13)9-17/h5-7,10,13,16-17H,2-4,8-9H2,1H3. The maximum Gasteiger partial charge on any atom is 0.123 e. The van der Waals surface area contributed by atoms with Crippen molar-refractivity contribution in [1.29, 1.82) is 0 Å². The predicted octanol–water partition coefficient (Wildman–Crippen LogP) is 2.71. The average molecular weight is 314 g/mol. The van der Waals surface area contributed by atoms with Gasteiger partial charge in [-0.15, -0.1) is 0 Å². The Balaban J connectivity index is 1.99. The van der Waals surface area contributed by atoms with Gasteiger partial charge in [-0.25, -0.2) is 0 Å². The van der Waals surface area contributed by atoms with Crippen LogP contribution in [-0.4, -0.2) is 24.9 Å². The van der Waals surface area contributed by atoms with Gasteiger partial charge >= 0.3 is 0 Å². The molecule has 1 aromatic rings. The van der Waals surface area contributed by atoms with Gasteiger partial charge in [0.25, 0.3) is 0 Å². The highest BCUT2D eigenvalue weighted by molar-refractivity contribution is 9.10. The summed E-state index contributed by atoms with van der Waals surface area (Å²) >= 11 is 3.48. The highest BCUT2D eigenvalue weighted by Gasteiger charge is 2.26. The molecule has 4 heteroatoms. The third-order valence-corrected chi connectivity index (χ3v) is 4.18. The number of ether oxygens (including phenoxy) is 1. The van der Waals surface area contributed by atoms with Gasteiger partial charge in [-0.05, 0) is 37.0 Å². The van der Waals surface area contributed by atoms with Gasteiger partial charge in [-0.3, -0.25) is 0 Å². The van der Waals surface area contributed by atoms with E-state index in [0.29, 0.717) is 12.0 Å². The second-order valence-electron chi connectivity index (χ2n) is 4.82. The largest absolute Gasteiger partial charge is 0.496 e. The highest BCUT2D eigenvalue weighted by Crippen LogP contribution is 2.27. The van der Waals surface area contributed by atoms with Crippen LogP contribution >= 0.6 is 15.9 Å². The normalized spacial score (nSPS) is 23.3. The third kappa shape index (κ3) is 3.25. The molecule has 2 atom stereocenters. The molecular weight excluding hydrogens is 294 g/mol. The van der Waals surface area contributed by atoms with Crippen molar-refractivity contribution in [2.75, 3.05) is 13.7 Å². The lowest BCUT2D eigenvalue weighted by Crippen LogP contribution is -2.33. The number of benzene rings is 1. The van der Waals surface area contributed by atoms with Crippen LogP contribution in [0.1, 0.15) is 24.8 Å². The van der Waals surface area contributed by atoms with Gasteiger partial charge in [0.2, 0.25) is 0 Å². The molecule has 1 aliphatic carbocycles. The zero-order valence-corrected chi connectivity index (χ0v) is 12.2. The van der Waals surface area contributed by atoms with Crippen molar-refractivity contribution in [2.24, 2.45) is 5.92 Å². The molecule has 1 fully saturated rings. The van der Waals surface area contributed by atoms with Crippen molar-refractivity contribution < 1.29 is 9.84 Å². The molecule has 2 rings (SSSR count). The SMILES string of the molecule is COc1ccc(Br)cc1CNC1CCCC1CO. The van der Waals surface area contributed by atoms with E-state index in [0.717, 1.165) is 35.2 Å². The van der Waals surface area contributed by atoms with Gasteiger partial charge in [0.15, 0.2) is 0 Å². The number of halogens is 1.